The standard InChI is InChI=1S/C16H20ClN3O4S/c1-11(2)7-9-18-15(21)16-19-14(20-24-16)8-10-25(22,23)13-5-3-12(17)4-6-13/h3-6,11H,7-10H2,1-2H3,(H,18,21). The van der Waals surface area contributed by atoms with Gasteiger partial charge in [0.05, 0.1) is 10.6 Å². The van der Waals surface area contributed by atoms with E-state index >= 15 is 0 Å². The number of carbonyl (C=O) groups is 1. The van der Waals surface area contributed by atoms with Gasteiger partial charge in [0.1, 0.15) is 0 Å². The largest absolute Gasteiger partial charge is 0.348 e. The normalized spacial score (nSPS) is 11.7. The topological polar surface area (TPSA) is 102 Å². The van der Waals surface area contributed by atoms with E-state index in [0.29, 0.717) is 17.5 Å². The van der Waals surface area contributed by atoms with Crippen LogP contribution in [-0.4, -0.2) is 36.8 Å². The van der Waals surface area contributed by atoms with Gasteiger partial charge in [-0.05, 0) is 36.6 Å². The molecule has 0 aliphatic rings. The summed E-state index contributed by atoms with van der Waals surface area (Å²) >= 11 is 5.76. The summed E-state index contributed by atoms with van der Waals surface area (Å²) in [5, 5.41) is 6.80. The van der Waals surface area contributed by atoms with Crippen LogP contribution in [0.4, 0.5) is 0 Å². The average Bonchev–Trinajstić information content (AvgIpc) is 3.02. The number of carbonyl (C=O) groups excluding carboxylic acids is 1. The third-order valence-corrected chi connectivity index (χ3v) is 5.42. The second kappa shape index (κ2) is 8.44. The molecular formula is C16H20ClN3O4S. The number of halogens is 1. The molecule has 1 amide bonds. The number of amides is 1. The van der Waals surface area contributed by atoms with Gasteiger partial charge in [0.2, 0.25) is 0 Å². The van der Waals surface area contributed by atoms with E-state index in [4.69, 9.17) is 16.1 Å². The molecule has 0 bridgehead atoms. The maximum atomic E-state index is 12.3. The Labute approximate surface area is 151 Å². The first kappa shape index (κ1) is 19.4. The number of aromatic nitrogens is 2. The van der Waals surface area contributed by atoms with Crippen molar-refractivity contribution in [1.29, 1.82) is 0 Å². The minimum absolute atomic E-state index is 0.0493. The van der Waals surface area contributed by atoms with Gasteiger partial charge in [-0.2, -0.15) is 4.98 Å². The van der Waals surface area contributed by atoms with Crippen molar-refractivity contribution < 1.29 is 17.7 Å². The summed E-state index contributed by atoms with van der Waals surface area (Å²) in [6.45, 7) is 4.62. The Morgan fingerprint density at radius 2 is 1.96 bits per heavy atom. The molecule has 1 N–H and O–H groups in total. The lowest BCUT2D eigenvalue weighted by Crippen LogP contribution is -2.25. The van der Waals surface area contributed by atoms with Crippen LogP contribution in [0.2, 0.25) is 5.02 Å². The monoisotopic (exact) mass is 385 g/mol. The average molecular weight is 386 g/mol. The first-order valence-corrected chi connectivity index (χ1v) is 9.90. The molecule has 0 saturated heterocycles. The molecule has 0 aliphatic carbocycles. The molecule has 0 unspecified atom stereocenters. The highest BCUT2D eigenvalue weighted by atomic mass is 35.5. The molecule has 0 aliphatic heterocycles. The second-order valence-electron chi connectivity index (χ2n) is 5.98. The lowest BCUT2D eigenvalue weighted by Gasteiger charge is -2.04. The fourth-order valence-corrected chi connectivity index (χ4v) is 3.35. The van der Waals surface area contributed by atoms with Crippen LogP contribution in [0.3, 0.4) is 0 Å². The predicted octanol–water partition coefficient (Wildman–Crippen LogP) is 2.52. The highest BCUT2D eigenvalue weighted by Crippen LogP contribution is 2.16. The maximum absolute atomic E-state index is 12.3. The van der Waals surface area contributed by atoms with Crippen molar-refractivity contribution >= 4 is 27.3 Å². The summed E-state index contributed by atoms with van der Waals surface area (Å²) in [6.07, 6.45) is 0.889. The highest BCUT2D eigenvalue weighted by molar-refractivity contribution is 7.91. The number of sulfone groups is 1. The molecule has 2 aromatic rings. The van der Waals surface area contributed by atoms with Crippen LogP contribution in [0.5, 0.6) is 0 Å². The van der Waals surface area contributed by atoms with Crippen LogP contribution >= 0.6 is 11.6 Å². The lowest BCUT2D eigenvalue weighted by molar-refractivity contribution is 0.0908. The third-order valence-electron chi connectivity index (χ3n) is 3.44. The highest BCUT2D eigenvalue weighted by Gasteiger charge is 2.19. The quantitative estimate of drug-likeness (QED) is 0.749. The minimum atomic E-state index is -3.49. The molecule has 25 heavy (non-hydrogen) atoms. The van der Waals surface area contributed by atoms with Gasteiger partial charge >= 0.3 is 11.8 Å². The van der Waals surface area contributed by atoms with Crippen molar-refractivity contribution in [3.8, 4) is 0 Å². The van der Waals surface area contributed by atoms with Crippen molar-refractivity contribution in [3.05, 3.63) is 41.0 Å². The molecule has 0 atom stereocenters. The molecule has 136 valence electrons. The van der Waals surface area contributed by atoms with E-state index in [9.17, 15) is 13.2 Å². The Balaban J connectivity index is 1.92. The van der Waals surface area contributed by atoms with Crippen molar-refractivity contribution in [2.45, 2.75) is 31.6 Å². The van der Waals surface area contributed by atoms with E-state index < -0.39 is 15.7 Å². The summed E-state index contributed by atoms with van der Waals surface area (Å²) in [4.78, 5) is 16.0. The Bertz CT molecular complexity index is 816. The van der Waals surface area contributed by atoms with Gasteiger partial charge in [0, 0.05) is 18.0 Å². The number of hydrogen-bond donors (Lipinski definition) is 1. The van der Waals surface area contributed by atoms with Gasteiger partial charge in [-0.25, -0.2) is 8.42 Å². The van der Waals surface area contributed by atoms with E-state index in [0.717, 1.165) is 6.42 Å². The van der Waals surface area contributed by atoms with Crippen molar-refractivity contribution in [3.63, 3.8) is 0 Å². The lowest BCUT2D eigenvalue weighted by atomic mass is 10.1. The molecule has 2 rings (SSSR count). The summed E-state index contributed by atoms with van der Waals surface area (Å²) in [7, 11) is -3.49. The second-order valence-corrected chi connectivity index (χ2v) is 8.52. The Morgan fingerprint density at radius 1 is 1.28 bits per heavy atom. The van der Waals surface area contributed by atoms with E-state index in [1.54, 1.807) is 0 Å². The Hall–Kier alpha value is -1.93. The molecule has 0 fully saturated rings. The molecule has 1 aromatic heterocycles. The van der Waals surface area contributed by atoms with Gasteiger partial charge in [-0.15, -0.1) is 0 Å². The Kier molecular flexibility index (Phi) is 6.55. The van der Waals surface area contributed by atoms with Crippen molar-refractivity contribution in [2.75, 3.05) is 12.3 Å². The molecule has 0 saturated carbocycles. The zero-order chi connectivity index (χ0) is 18.4. The molecule has 0 radical (unpaired) electrons. The maximum Gasteiger partial charge on any atom is 0.315 e. The number of hydrogen-bond acceptors (Lipinski definition) is 6. The van der Waals surface area contributed by atoms with Crippen molar-refractivity contribution in [2.24, 2.45) is 5.92 Å². The molecule has 9 heteroatoms. The Morgan fingerprint density at radius 3 is 2.60 bits per heavy atom. The minimum Gasteiger partial charge on any atom is -0.348 e. The van der Waals surface area contributed by atoms with Crippen LogP contribution in [0.25, 0.3) is 0 Å². The molecule has 1 aromatic carbocycles. The van der Waals surface area contributed by atoms with Gasteiger partial charge in [0.25, 0.3) is 0 Å². The smallest absolute Gasteiger partial charge is 0.315 e. The van der Waals surface area contributed by atoms with E-state index in [1.165, 1.54) is 24.3 Å². The first-order valence-electron chi connectivity index (χ1n) is 7.87. The number of nitrogens with one attached hydrogen (secondary N) is 1. The third kappa shape index (κ3) is 5.82. The fraction of sp³-hybridized carbons (Fsp3) is 0.438. The number of benzene rings is 1. The van der Waals surface area contributed by atoms with Gasteiger partial charge in [0.15, 0.2) is 15.7 Å². The van der Waals surface area contributed by atoms with E-state index in [-0.39, 0.29) is 28.8 Å². The molecule has 7 nitrogen and oxygen atoms in total. The number of rotatable bonds is 8. The molecule has 0 spiro atoms. The zero-order valence-corrected chi connectivity index (χ0v) is 15.6. The van der Waals surface area contributed by atoms with Gasteiger partial charge in [-0.1, -0.05) is 30.6 Å². The first-order chi connectivity index (χ1) is 11.8. The van der Waals surface area contributed by atoms with Crippen molar-refractivity contribution in [1.82, 2.24) is 15.5 Å². The number of aryl methyl sites for hydroxylation is 1. The molecular weight excluding hydrogens is 366 g/mol. The van der Waals surface area contributed by atoms with Crippen LogP contribution in [-0.2, 0) is 16.3 Å². The summed E-state index contributed by atoms with van der Waals surface area (Å²) < 4.78 is 29.4. The van der Waals surface area contributed by atoms with Crippen LogP contribution in [0.15, 0.2) is 33.7 Å². The summed E-state index contributed by atoms with van der Waals surface area (Å²) in [6, 6.07) is 5.92. The number of nitrogens with zero attached hydrogens (tertiary/aromatic N) is 2. The summed E-state index contributed by atoms with van der Waals surface area (Å²) in [5.74, 6) is -0.173. The zero-order valence-electron chi connectivity index (χ0n) is 14.0. The van der Waals surface area contributed by atoms with E-state index in [2.05, 4.69) is 29.3 Å². The van der Waals surface area contributed by atoms with Crippen LogP contribution in [0, 0.1) is 5.92 Å². The van der Waals surface area contributed by atoms with Crippen LogP contribution in [0.1, 0.15) is 36.8 Å². The van der Waals surface area contributed by atoms with E-state index in [1.807, 2.05) is 0 Å². The van der Waals surface area contributed by atoms with Gasteiger partial charge < -0.3 is 9.84 Å². The SMILES string of the molecule is CC(C)CCNC(=O)c1nc(CCS(=O)(=O)c2ccc(Cl)cc2)no1. The molecule has 1 heterocycles. The van der Waals surface area contributed by atoms with Gasteiger partial charge in [-0.3, -0.25) is 4.79 Å². The summed E-state index contributed by atoms with van der Waals surface area (Å²) in [5.41, 5.74) is 0. The predicted molar refractivity (Wildman–Crippen MR) is 93.3 cm³/mol. The van der Waals surface area contributed by atoms with Crippen LogP contribution < -0.4 is 5.32 Å². The fourth-order valence-electron chi connectivity index (χ4n) is 1.98.